The number of benzene rings is 3. The molecule has 0 radical (unpaired) electrons. The van der Waals surface area contributed by atoms with Gasteiger partial charge >= 0.3 is 0 Å². The average Bonchev–Trinajstić information content (AvgIpc) is 2.77. The summed E-state index contributed by atoms with van der Waals surface area (Å²) in [4.78, 5) is 36.1. The predicted octanol–water partition coefficient (Wildman–Crippen LogP) is 5.07. The molecule has 154 valence electrons. The van der Waals surface area contributed by atoms with Gasteiger partial charge in [-0.05, 0) is 25.1 Å². The van der Waals surface area contributed by atoms with E-state index in [0.717, 1.165) is 18.2 Å². The number of hydrogen-bond acceptors (Lipinski definition) is 5. The van der Waals surface area contributed by atoms with Crippen LogP contribution in [0, 0.1) is 22.9 Å². The standard InChI is InChI=1S/C23H15FN2O5/c1-13-20(27)16-8-5-9-17(22(16)31-21(13)14-6-3-2-4-7-14)23(28)25-19-12-15(26(29)30)10-11-18(19)24/h2-12H,1H3,(H,25,28). The van der Waals surface area contributed by atoms with Crippen LogP contribution in [0.3, 0.4) is 0 Å². The summed E-state index contributed by atoms with van der Waals surface area (Å²) < 4.78 is 20.1. The van der Waals surface area contributed by atoms with Gasteiger partial charge in [0.2, 0.25) is 0 Å². The molecule has 4 aromatic rings. The van der Waals surface area contributed by atoms with Gasteiger partial charge in [0.25, 0.3) is 11.6 Å². The topological polar surface area (TPSA) is 102 Å². The van der Waals surface area contributed by atoms with E-state index in [1.807, 2.05) is 6.07 Å². The second-order valence-electron chi connectivity index (χ2n) is 6.81. The molecule has 0 fully saturated rings. The Kier molecular flexibility index (Phi) is 5.04. The summed E-state index contributed by atoms with van der Waals surface area (Å²) in [6, 6.07) is 16.3. The van der Waals surface area contributed by atoms with Gasteiger partial charge in [0, 0.05) is 23.3 Å². The number of nitro groups is 1. The zero-order chi connectivity index (χ0) is 22.1. The number of hydrogen-bond donors (Lipinski definition) is 1. The third kappa shape index (κ3) is 3.66. The maximum absolute atomic E-state index is 14.1. The fourth-order valence-electron chi connectivity index (χ4n) is 3.27. The highest BCUT2D eigenvalue weighted by molar-refractivity contribution is 6.11. The van der Waals surface area contributed by atoms with E-state index in [1.54, 1.807) is 31.2 Å². The van der Waals surface area contributed by atoms with E-state index >= 15 is 0 Å². The molecule has 1 aromatic heterocycles. The van der Waals surface area contributed by atoms with Gasteiger partial charge in [-0.15, -0.1) is 0 Å². The SMILES string of the molecule is Cc1c(-c2ccccc2)oc2c(C(=O)Nc3cc([N+](=O)[O-])ccc3F)cccc2c1=O. The van der Waals surface area contributed by atoms with E-state index < -0.39 is 16.6 Å². The molecule has 0 unspecified atom stereocenters. The lowest BCUT2D eigenvalue weighted by atomic mass is 10.0. The van der Waals surface area contributed by atoms with Gasteiger partial charge in [0.1, 0.15) is 11.6 Å². The number of nitrogens with one attached hydrogen (secondary N) is 1. The zero-order valence-electron chi connectivity index (χ0n) is 16.2. The molecular formula is C23H15FN2O5. The fourth-order valence-corrected chi connectivity index (χ4v) is 3.27. The third-order valence-electron chi connectivity index (χ3n) is 4.83. The van der Waals surface area contributed by atoms with Crippen molar-refractivity contribution in [2.45, 2.75) is 6.92 Å². The molecule has 0 saturated heterocycles. The highest BCUT2D eigenvalue weighted by Crippen LogP contribution is 2.28. The van der Waals surface area contributed by atoms with Crippen LogP contribution < -0.4 is 10.7 Å². The smallest absolute Gasteiger partial charge is 0.271 e. The summed E-state index contributed by atoms with van der Waals surface area (Å²) >= 11 is 0. The third-order valence-corrected chi connectivity index (χ3v) is 4.83. The number of nitrogens with zero attached hydrogens (tertiary/aromatic N) is 1. The lowest BCUT2D eigenvalue weighted by Crippen LogP contribution is -2.15. The Balaban J connectivity index is 1.84. The second kappa shape index (κ2) is 7.83. The molecule has 0 aliphatic heterocycles. The lowest BCUT2D eigenvalue weighted by molar-refractivity contribution is -0.384. The van der Waals surface area contributed by atoms with Crippen molar-refractivity contribution >= 4 is 28.3 Å². The van der Waals surface area contributed by atoms with Gasteiger partial charge in [-0.25, -0.2) is 4.39 Å². The normalized spacial score (nSPS) is 10.8. The number of amides is 1. The summed E-state index contributed by atoms with van der Waals surface area (Å²) in [7, 11) is 0. The number of fused-ring (bicyclic) bond motifs is 1. The molecule has 0 aliphatic rings. The Morgan fingerprint density at radius 2 is 1.81 bits per heavy atom. The lowest BCUT2D eigenvalue weighted by Gasteiger charge is -2.11. The minimum Gasteiger partial charge on any atom is -0.455 e. The number of non-ortho nitro benzene ring substituents is 1. The predicted molar refractivity (Wildman–Crippen MR) is 114 cm³/mol. The molecule has 1 N–H and O–H groups in total. The van der Waals surface area contributed by atoms with Crippen LogP contribution in [0.5, 0.6) is 0 Å². The Labute approximate surface area is 174 Å². The van der Waals surface area contributed by atoms with Crippen molar-refractivity contribution in [2.75, 3.05) is 5.32 Å². The van der Waals surface area contributed by atoms with E-state index in [2.05, 4.69) is 5.32 Å². The first-order valence-electron chi connectivity index (χ1n) is 9.24. The molecule has 0 aliphatic carbocycles. The van der Waals surface area contributed by atoms with Crippen LogP contribution in [0.1, 0.15) is 15.9 Å². The highest BCUT2D eigenvalue weighted by atomic mass is 19.1. The van der Waals surface area contributed by atoms with Crippen LogP contribution in [0.25, 0.3) is 22.3 Å². The summed E-state index contributed by atoms with van der Waals surface area (Å²) in [5.74, 6) is -1.28. The molecule has 0 bridgehead atoms. The minimum absolute atomic E-state index is 0.00214. The molecule has 3 aromatic carbocycles. The maximum atomic E-state index is 14.1. The van der Waals surface area contributed by atoms with E-state index in [9.17, 15) is 24.1 Å². The van der Waals surface area contributed by atoms with Crippen LogP contribution in [-0.2, 0) is 0 Å². The Hall–Kier alpha value is -4.33. The highest BCUT2D eigenvalue weighted by Gasteiger charge is 2.20. The number of anilines is 1. The summed E-state index contributed by atoms with van der Waals surface area (Å²) in [5, 5.41) is 13.5. The van der Waals surface area contributed by atoms with Gasteiger partial charge in [0.05, 0.1) is 21.6 Å². The van der Waals surface area contributed by atoms with Crippen LogP contribution >= 0.6 is 0 Å². The van der Waals surface area contributed by atoms with Crippen molar-refractivity contribution in [3.8, 4) is 11.3 Å². The Bertz CT molecular complexity index is 1400. The first kappa shape index (κ1) is 20.0. The van der Waals surface area contributed by atoms with Crippen LogP contribution in [0.15, 0.2) is 75.9 Å². The van der Waals surface area contributed by atoms with Crippen molar-refractivity contribution in [1.29, 1.82) is 0 Å². The van der Waals surface area contributed by atoms with Gasteiger partial charge in [-0.1, -0.05) is 36.4 Å². The van der Waals surface area contributed by atoms with Gasteiger partial charge in [-0.3, -0.25) is 19.7 Å². The largest absolute Gasteiger partial charge is 0.455 e. The monoisotopic (exact) mass is 418 g/mol. The number of nitro benzene ring substituents is 1. The fraction of sp³-hybridized carbons (Fsp3) is 0.0435. The van der Waals surface area contributed by atoms with Crippen LogP contribution in [-0.4, -0.2) is 10.8 Å². The van der Waals surface area contributed by atoms with Crippen molar-refractivity contribution in [3.63, 3.8) is 0 Å². The van der Waals surface area contributed by atoms with Crippen LogP contribution in [0.4, 0.5) is 15.8 Å². The summed E-state index contributed by atoms with van der Waals surface area (Å²) in [6.07, 6.45) is 0. The number of carbonyl (C=O) groups excluding carboxylic acids is 1. The van der Waals surface area contributed by atoms with E-state index in [0.29, 0.717) is 16.9 Å². The van der Waals surface area contributed by atoms with Gasteiger partial charge < -0.3 is 9.73 Å². The van der Waals surface area contributed by atoms with Crippen molar-refractivity contribution in [1.82, 2.24) is 0 Å². The molecule has 31 heavy (non-hydrogen) atoms. The number of carbonyl (C=O) groups is 1. The number of rotatable bonds is 4. The second-order valence-corrected chi connectivity index (χ2v) is 6.81. The molecule has 0 spiro atoms. The van der Waals surface area contributed by atoms with Crippen LogP contribution in [0.2, 0.25) is 0 Å². The van der Waals surface area contributed by atoms with Gasteiger partial charge in [0.15, 0.2) is 11.0 Å². The maximum Gasteiger partial charge on any atom is 0.271 e. The molecule has 0 atom stereocenters. The first-order chi connectivity index (χ1) is 14.9. The van der Waals surface area contributed by atoms with Crippen molar-refractivity contribution in [3.05, 3.63) is 104 Å². The molecule has 4 rings (SSSR count). The molecule has 1 amide bonds. The first-order valence-corrected chi connectivity index (χ1v) is 9.24. The van der Waals surface area contributed by atoms with Crippen molar-refractivity contribution in [2.24, 2.45) is 0 Å². The van der Waals surface area contributed by atoms with E-state index in [4.69, 9.17) is 4.42 Å². The van der Waals surface area contributed by atoms with E-state index in [-0.39, 0.29) is 33.3 Å². The number of halogens is 1. The molecular weight excluding hydrogens is 403 g/mol. The summed E-state index contributed by atoms with van der Waals surface area (Å²) in [5.41, 5.74) is 0.0753. The quantitative estimate of drug-likeness (QED) is 0.368. The van der Waals surface area contributed by atoms with E-state index in [1.165, 1.54) is 18.2 Å². The minimum atomic E-state index is -0.832. The summed E-state index contributed by atoms with van der Waals surface area (Å²) in [6.45, 7) is 1.64. The Morgan fingerprint density at radius 1 is 1.06 bits per heavy atom. The van der Waals surface area contributed by atoms with Crippen molar-refractivity contribution < 1.29 is 18.5 Å². The molecule has 7 nitrogen and oxygen atoms in total. The molecule has 1 heterocycles. The molecule has 8 heteroatoms. The number of para-hydroxylation sites is 1. The van der Waals surface area contributed by atoms with Gasteiger partial charge in [-0.2, -0.15) is 0 Å². The average molecular weight is 418 g/mol. The zero-order valence-corrected chi connectivity index (χ0v) is 16.2. The Morgan fingerprint density at radius 3 is 2.52 bits per heavy atom. The molecule has 0 saturated carbocycles.